The van der Waals surface area contributed by atoms with Gasteiger partial charge in [0, 0.05) is 28.2 Å². The van der Waals surface area contributed by atoms with Crippen LogP contribution < -0.4 is 0 Å². The second kappa shape index (κ2) is 3.18. The molecule has 1 unspecified atom stereocenters. The van der Waals surface area contributed by atoms with Gasteiger partial charge in [-0.1, -0.05) is 48.6 Å². The molecule has 2 heterocycles. The first-order chi connectivity index (χ1) is 9.45. The Morgan fingerprint density at radius 2 is 1.79 bits per heavy atom. The van der Waals surface area contributed by atoms with E-state index in [0.29, 0.717) is 5.92 Å². The van der Waals surface area contributed by atoms with Crippen LogP contribution in [0.4, 0.5) is 0 Å². The third-order valence-electron chi connectivity index (χ3n) is 4.49. The van der Waals surface area contributed by atoms with Gasteiger partial charge in [0.1, 0.15) is 0 Å². The average Bonchev–Trinajstić information content (AvgIpc) is 2.99. The van der Waals surface area contributed by atoms with Crippen LogP contribution in [0.25, 0.3) is 22.7 Å². The minimum Gasteiger partial charge on any atom is -0.312 e. The molecular weight excluding hydrogens is 230 g/mol. The fourth-order valence-corrected chi connectivity index (χ4v) is 3.76. The summed E-state index contributed by atoms with van der Waals surface area (Å²) < 4.78 is 2.47. The van der Waals surface area contributed by atoms with Crippen molar-refractivity contribution in [2.24, 2.45) is 0 Å². The molecule has 0 saturated heterocycles. The van der Waals surface area contributed by atoms with Gasteiger partial charge in [-0.15, -0.1) is 0 Å². The normalized spacial score (nSPS) is 18.6. The Bertz CT molecular complexity index is 851. The van der Waals surface area contributed by atoms with E-state index in [1.54, 1.807) is 0 Å². The van der Waals surface area contributed by atoms with Gasteiger partial charge < -0.3 is 4.57 Å². The summed E-state index contributed by atoms with van der Waals surface area (Å²) in [6.07, 6.45) is 5.75. The van der Waals surface area contributed by atoms with E-state index < -0.39 is 0 Å². The van der Waals surface area contributed by atoms with Crippen molar-refractivity contribution in [1.29, 1.82) is 0 Å². The van der Waals surface area contributed by atoms with Crippen LogP contribution in [0.15, 0.2) is 54.6 Å². The molecule has 90 valence electrons. The molecule has 1 aromatic heterocycles. The van der Waals surface area contributed by atoms with E-state index in [-0.39, 0.29) is 0 Å². The number of hydrogen-bond acceptors (Lipinski definition) is 0. The minimum absolute atomic E-state index is 0.545. The van der Waals surface area contributed by atoms with Crippen LogP contribution in [-0.4, -0.2) is 4.57 Å². The average molecular weight is 243 g/mol. The lowest BCUT2D eigenvalue weighted by Crippen LogP contribution is -2.00. The van der Waals surface area contributed by atoms with Crippen molar-refractivity contribution in [3.05, 3.63) is 71.4 Å². The molecule has 0 radical (unpaired) electrons. The Hall–Kier alpha value is -2.28. The fourth-order valence-electron chi connectivity index (χ4n) is 3.76. The molecule has 5 rings (SSSR count). The van der Waals surface area contributed by atoms with Gasteiger partial charge in [-0.3, -0.25) is 0 Å². The Kier molecular flexibility index (Phi) is 1.61. The van der Waals surface area contributed by atoms with Gasteiger partial charge in [0.25, 0.3) is 0 Å². The zero-order valence-corrected chi connectivity index (χ0v) is 10.5. The third-order valence-corrected chi connectivity index (χ3v) is 4.49. The van der Waals surface area contributed by atoms with E-state index in [0.717, 1.165) is 6.42 Å². The third kappa shape index (κ3) is 1.03. The van der Waals surface area contributed by atoms with E-state index in [4.69, 9.17) is 0 Å². The fraction of sp³-hybridized carbons (Fsp3) is 0.111. The summed E-state index contributed by atoms with van der Waals surface area (Å²) >= 11 is 0. The molecule has 0 N–H and O–H groups in total. The van der Waals surface area contributed by atoms with Gasteiger partial charge >= 0.3 is 0 Å². The van der Waals surface area contributed by atoms with Crippen LogP contribution in [-0.2, 0) is 0 Å². The Morgan fingerprint density at radius 3 is 2.79 bits per heavy atom. The molecule has 2 aromatic carbocycles. The molecule has 0 amide bonds. The second-order valence-corrected chi connectivity index (χ2v) is 5.40. The Morgan fingerprint density at radius 1 is 0.947 bits per heavy atom. The standard InChI is InChI=1S/C18H13N/c1-3-10-16-12(6-1)14-8-5-9-15-13-7-2-4-11-17(13)19(16)18(14)15/h1-8,10-11,15H,9H2. The first-order valence-electron chi connectivity index (χ1n) is 6.84. The highest BCUT2D eigenvalue weighted by Crippen LogP contribution is 2.48. The minimum atomic E-state index is 0.545. The van der Waals surface area contributed by atoms with Crippen molar-refractivity contribution in [3.63, 3.8) is 0 Å². The van der Waals surface area contributed by atoms with Crippen LogP contribution in [0.1, 0.15) is 29.2 Å². The molecule has 0 bridgehead atoms. The molecular formula is C18H13N. The van der Waals surface area contributed by atoms with Crippen molar-refractivity contribution >= 4 is 17.0 Å². The number of hydrogen-bond donors (Lipinski definition) is 0. The maximum absolute atomic E-state index is 2.47. The Labute approximate surface area is 111 Å². The number of rotatable bonds is 0. The van der Waals surface area contributed by atoms with Crippen LogP contribution in [0.3, 0.4) is 0 Å². The number of fused-ring (bicyclic) bond motifs is 6. The molecule has 0 fully saturated rings. The van der Waals surface area contributed by atoms with Crippen molar-refractivity contribution < 1.29 is 0 Å². The van der Waals surface area contributed by atoms with E-state index >= 15 is 0 Å². The summed E-state index contributed by atoms with van der Waals surface area (Å²) in [5, 5.41) is 1.38. The van der Waals surface area contributed by atoms with Gasteiger partial charge in [-0.2, -0.15) is 0 Å². The number of aromatic nitrogens is 1. The van der Waals surface area contributed by atoms with Gasteiger partial charge in [0.15, 0.2) is 0 Å². The van der Waals surface area contributed by atoms with Crippen LogP contribution in [0.2, 0.25) is 0 Å². The number of allylic oxidation sites excluding steroid dienone is 1. The quantitative estimate of drug-likeness (QED) is 0.548. The molecule has 1 heteroatoms. The first kappa shape index (κ1) is 9.62. The maximum atomic E-state index is 2.47. The summed E-state index contributed by atoms with van der Waals surface area (Å²) in [5.74, 6) is 0.545. The monoisotopic (exact) mass is 243 g/mol. The van der Waals surface area contributed by atoms with E-state index in [1.165, 1.54) is 33.4 Å². The lowest BCUT2D eigenvalue weighted by Gasteiger charge is -2.14. The van der Waals surface area contributed by atoms with Crippen molar-refractivity contribution in [2.75, 3.05) is 0 Å². The second-order valence-electron chi connectivity index (χ2n) is 5.40. The molecule has 0 spiro atoms. The van der Waals surface area contributed by atoms with Gasteiger partial charge in [0.05, 0.1) is 5.52 Å². The lowest BCUT2D eigenvalue weighted by atomic mass is 9.88. The van der Waals surface area contributed by atoms with E-state index in [1.807, 2.05) is 0 Å². The van der Waals surface area contributed by atoms with E-state index in [2.05, 4.69) is 65.3 Å². The number of nitrogens with zero attached hydrogens (tertiary/aromatic N) is 1. The zero-order chi connectivity index (χ0) is 12.4. The molecule has 2 aliphatic rings. The van der Waals surface area contributed by atoms with E-state index in [9.17, 15) is 0 Å². The summed E-state index contributed by atoms with van der Waals surface area (Å²) in [6, 6.07) is 17.6. The highest BCUT2D eigenvalue weighted by Gasteiger charge is 2.33. The van der Waals surface area contributed by atoms with Gasteiger partial charge in [-0.05, 0) is 24.1 Å². The molecule has 19 heavy (non-hydrogen) atoms. The summed E-state index contributed by atoms with van der Waals surface area (Å²) in [5.41, 5.74) is 7.10. The smallest absolute Gasteiger partial charge is 0.0538 e. The molecule has 1 aliphatic heterocycles. The summed E-state index contributed by atoms with van der Waals surface area (Å²) in [4.78, 5) is 0. The number of para-hydroxylation sites is 2. The van der Waals surface area contributed by atoms with Gasteiger partial charge in [0.2, 0.25) is 0 Å². The highest BCUT2D eigenvalue weighted by molar-refractivity contribution is 5.95. The molecule has 1 aliphatic carbocycles. The molecule has 1 atom stereocenters. The first-order valence-corrected chi connectivity index (χ1v) is 6.84. The predicted molar refractivity (Wildman–Crippen MR) is 78.8 cm³/mol. The SMILES string of the molecule is C1=Cc2c3n(c4ccccc24)-c2ccccc2C3C1. The zero-order valence-electron chi connectivity index (χ0n) is 10.5. The van der Waals surface area contributed by atoms with Crippen molar-refractivity contribution in [3.8, 4) is 5.69 Å². The molecule has 1 nitrogen and oxygen atoms in total. The predicted octanol–water partition coefficient (Wildman–Crippen LogP) is 4.49. The summed E-state index contributed by atoms with van der Waals surface area (Å²) in [7, 11) is 0. The topological polar surface area (TPSA) is 4.93 Å². The van der Waals surface area contributed by atoms with Gasteiger partial charge in [-0.25, -0.2) is 0 Å². The van der Waals surface area contributed by atoms with Crippen LogP contribution in [0, 0.1) is 0 Å². The van der Waals surface area contributed by atoms with Crippen LogP contribution >= 0.6 is 0 Å². The van der Waals surface area contributed by atoms with Crippen molar-refractivity contribution in [1.82, 2.24) is 4.57 Å². The maximum Gasteiger partial charge on any atom is 0.0538 e. The largest absolute Gasteiger partial charge is 0.312 e. The Balaban J connectivity index is 2.04. The van der Waals surface area contributed by atoms with Crippen molar-refractivity contribution in [2.45, 2.75) is 12.3 Å². The number of benzene rings is 2. The lowest BCUT2D eigenvalue weighted by molar-refractivity contribution is 0.820. The highest BCUT2D eigenvalue weighted by atomic mass is 15.0. The molecule has 3 aromatic rings. The molecule has 0 saturated carbocycles. The summed E-state index contributed by atoms with van der Waals surface area (Å²) in [6.45, 7) is 0. The van der Waals surface area contributed by atoms with Crippen LogP contribution in [0.5, 0.6) is 0 Å².